The number of benzene rings is 1. The molecule has 1 N–H and O–H groups in total. The van der Waals surface area contributed by atoms with Gasteiger partial charge in [-0.25, -0.2) is 14.4 Å². The lowest BCUT2D eigenvalue weighted by molar-refractivity contribution is 0.627. The lowest BCUT2D eigenvalue weighted by Gasteiger charge is -2.10. The zero-order valence-corrected chi connectivity index (χ0v) is 12.1. The van der Waals surface area contributed by atoms with E-state index in [0.717, 1.165) is 30.8 Å². The molecule has 1 aliphatic carbocycles. The van der Waals surface area contributed by atoms with Crippen LogP contribution in [0.5, 0.6) is 0 Å². The molecule has 1 aliphatic rings. The number of aryl methyl sites for hydroxylation is 1. The molecule has 0 amide bonds. The Balaban J connectivity index is 2.15. The fourth-order valence-electron chi connectivity index (χ4n) is 2.45. The number of halogens is 2. The predicted molar refractivity (Wildman–Crippen MR) is 76.7 cm³/mol. The van der Waals surface area contributed by atoms with Gasteiger partial charge in [-0.05, 0) is 37.5 Å². The molecule has 98 valence electrons. The first kappa shape index (κ1) is 12.5. The van der Waals surface area contributed by atoms with Crippen molar-refractivity contribution < 1.29 is 4.39 Å². The van der Waals surface area contributed by atoms with Gasteiger partial charge in [0.05, 0.1) is 0 Å². The van der Waals surface area contributed by atoms with Gasteiger partial charge < -0.3 is 5.32 Å². The minimum atomic E-state index is -0.292. The van der Waals surface area contributed by atoms with Crippen LogP contribution < -0.4 is 5.32 Å². The number of hydrogen-bond donors (Lipinski definition) is 1. The van der Waals surface area contributed by atoms with E-state index in [0.29, 0.717) is 15.9 Å². The average molecular weight is 322 g/mol. The summed E-state index contributed by atoms with van der Waals surface area (Å²) in [5, 5.41) is 3.11. The van der Waals surface area contributed by atoms with Gasteiger partial charge >= 0.3 is 0 Å². The van der Waals surface area contributed by atoms with Crippen molar-refractivity contribution in [2.75, 3.05) is 12.4 Å². The first-order valence-corrected chi connectivity index (χ1v) is 7.00. The van der Waals surface area contributed by atoms with Crippen molar-refractivity contribution in [3.05, 3.63) is 39.7 Å². The fraction of sp³-hybridized carbons (Fsp3) is 0.286. The lowest BCUT2D eigenvalue weighted by Crippen LogP contribution is -2.03. The molecule has 0 unspecified atom stereocenters. The Morgan fingerprint density at radius 1 is 1.21 bits per heavy atom. The second-order valence-corrected chi connectivity index (χ2v) is 5.50. The highest BCUT2D eigenvalue weighted by atomic mass is 79.9. The summed E-state index contributed by atoms with van der Waals surface area (Å²) in [6, 6.07) is 4.72. The van der Waals surface area contributed by atoms with Crippen LogP contribution in [0.3, 0.4) is 0 Å². The molecule has 0 spiro atoms. The van der Waals surface area contributed by atoms with Crippen LogP contribution >= 0.6 is 15.9 Å². The van der Waals surface area contributed by atoms with Crippen molar-refractivity contribution in [1.82, 2.24) is 9.97 Å². The number of hydrogen-bond acceptors (Lipinski definition) is 3. The van der Waals surface area contributed by atoms with E-state index < -0.39 is 0 Å². The van der Waals surface area contributed by atoms with Gasteiger partial charge in [0.15, 0.2) is 5.82 Å². The van der Waals surface area contributed by atoms with Crippen LogP contribution in [0.4, 0.5) is 10.2 Å². The molecular formula is C14H13BrFN3. The fourth-order valence-corrected chi connectivity index (χ4v) is 2.92. The lowest BCUT2D eigenvalue weighted by atomic mass is 10.2. The quantitative estimate of drug-likeness (QED) is 0.918. The summed E-state index contributed by atoms with van der Waals surface area (Å²) in [4.78, 5) is 9.08. The van der Waals surface area contributed by atoms with Gasteiger partial charge in [0.25, 0.3) is 0 Å². The standard InChI is InChI=1S/C14H13BrFN3/c1-17-14-11-3-2-4-12(11)18-13(19-14)8-5-9(15)7-10(16)6-8/h5-7H,2-4H2,1H3,(H,17,18,19). The van der Waals surface area contributed by atoms with E-state index in [1.165, 1.54) is 17.7 Å². The summed E-state index contributed by atoms with van der Waals surface area (Å²) >= 11 is 3.30. The third-order valence-electron chi connectivity index (χ3n) is 3.29. The molecular weight excluding hydrogens is 309 g/mol. The van der Waals surface area contributed by atoms with Gasteiger partial charge in [-0.2, -0.15) is 0 Å². The molecule has 19 heavy (non-hydrogen) atoms. The second-order valence-electron chi connectivity index (χ2n) is 4.58. The maximum atomic E-state index is 13.5. The molecule has 3 rings (SSSR count). The van der Waals surface area contributed by atoms with Crippen molar-refractivity contribution in [3.63, 3.8) is 0 Å². The van der Waals surface area contributed by atoms with E-state index in [9.17, 15) is 4.39 Å². The Morgan fingerprint density at radius 2 is 2.05 bits per heavy atom. The van der Waals surface area contributed by atoms with E-state index in [1.54, 1.807) is 0 Å². The third-order valence-corrected chi connectivity index (χ3v) is 3.75. The molecule has 5 heteroatoms. The average Bonchev–Trinajstić information content (AvgIpc) is 2.84. The van der Waals surface area contributed by atoms with Gasteiger partial charge in [-0.3, -0.25) is 0 Å². The highest BCUT2D eigenvalue weighted by molar-refractivity contribution is 9.10. The predicted octanol–water partition coefficient (Wildman–Crippen LogP) is 3.58. The van der Waals surface area contributed by atoms with E-state index in [4.69, 9.17) is 0 Å². The van der Waals surface area contributed by atoms with E-state index in [-0.39, 0.29) is 5.82 Å². The maximum absolute atomic E-state index is 13.5. The number of aromatic nitrogens is 2. The first-order chi connectivity index (χ1) is 9.17. The molecule has 1 aromatic carbocycles. The van der Waals surface area contributed by atoms with Crippen LogP contribution in [0.2, 0.25) is 0 Å². The van der Waals surface area contributed by atoms with Gasteiger partial charge in [0, 0.05) is 28.3 Å². The number of fused-ring (bicyclic) bond motifs is 1. The molecule has 0 bridgehead atoms. The van der Waals surface area contributed by atoms with Crippen LogP contribution in [0, 0.1) is 5.82 Å². The third kappa shape index (κ3) is 2.34. The molecule has 0 aliphatic heterocycles. The summed E-state index contributed by atoms with van der Waals surface area (Å²) < 4.78 is 14.2. The Bertz CT molecular complexity index is 623. The van der Waals surface area contributed by atoms with Crippen molar-refractivity contribution in [2.45, 2.75) is 19.3 Å². The zero-order chi connectivity index (χ0) is 13.4. The van der Waals surface area contributed by atoms with E-state index in [1.807, 2.05) is 13.1 Å². The summed E-state index contributed by atoms with van der Waals surface area (Å²) in [5.74, 6) is 1.14. The van der Waals surface area contributed by atoms with Crippen molar-refractivity contribution in [1.29, 1.82) is 0 Å². The Kier molecular flexibility index (Phi) is 3.22. The summed E-state index contributed by atoms with van der Waals surface area (Å²) in [6.45, 7) is 0. The molecule has 0 fully saturated rings. The van der Waals surface area contributed by atoms with Crippen LogP contribution in [-0.2, 0) is 12.8 Å². The minimum Gasteiger partial charge on any atom is -0.373 e. The largest absolute Gasteiger partial charge is 0.373 e. The van der Waals surface area contributed by atoms with E-state index in [2.05, 4.69) is 31.2 Å². The Morgan fingerprint density at radius 3 is 2.79 bits per heavy atom. The van der Waals surface area contributed by atoms with Crippen molar-refractivity contribution in [3.8, 4) is 11.4 Å². The van der Waals surface area contributed by atoms with Crippen molar-refractivity contribution in [2.24, 2.45) is 0 Å². The van der Waals surface area contributed by atoms with Gasteiger partial charge in [-0.15, -0.1) is 0 Å². The SMILES string of the molecule is CNc1nc(-c2cc(F)cc(Br)c2)nc2c1CCC2. The summed E-state index contributed by atoms with van der Waals surface area (Å²) in [5.41, 5.74) is 2.97. The number of nitrogens with one attached hydrogen (secondary N) is 1. The molecule has 0 radical (unpaired) electrons. The monoisotopic (exact) mass is 321 g/mol. The Hall–Kier alpha value is -1.49. The van der Waals surface area contributed by atoms with Gasteiger partial charge in [0.2, 0.25) is 0 Å². The van der Waals surface area contributed by atoms with Crippen molar-refractivity contribution >= 4 is 21.7 Å². The first-order valence-electron chi connectivity index (χ1n) is 6.21. The van der Waals surface area contributed by atoms with E-state index >= 15 is 0 Å². The smallest absolute Gasteiger partial charge is 0.161 e. The van der Waals surface area contributed by atoms with Crippen LogP contribution in [-0.4, -0.2) is 17.0 Å². The number of nitrogens with zero attached hydrogens (tertiary/aromatic N) is 2. The molecule has 2 aromatic rings. The topological polar surface area (TPSA) is 37.8 Å². The molecule has 1 aromatic heterocycles. The van der Waals surface area contributed by atoms with Crippen LogP contribution in [0.25, 0.3) is 11.4 Å². The van der Waals surface area contributed by atoms with Gasteiger partial charge in [0.1, 0.15) is 11.6 Å². The second kappa shape index (κ2) is 4.89. The maximum Gasteiger partial charge on any atom is 0.161 e. The minimum absolute atomic E-state index is 0.292. The molecule has 3 nitrogen and oxygen atoms in total. The normalized spacial score (nSPS) is 13.4. The van der Waals surface area contributed by atoms with Crippen LogP contribution in [0.15, 0.2) is 22.7 Å². The van der Waals surface area contributed by atoms with Crippen LogP contribution in [0.1, 0.15) is 17.7 Å². The number of anilines is 1. The zero-order valence-electron chi connectivity index (χ0n) is 10.5. The molecule has 0 saturated heterocycles. The molecule has 0 atom stereocenters. The highest BCUT2D eigenvalue weighted by Gasteiger charge is 2.19. The summed E-state index contributed by atoms with van der Waals surface area (Å²) in [6.07, 6.45) is 3.09. The molecule has 0 saturated carbocycles. The molecule has 1 heterocycles. The summed E-state index contributed by atoms with van der Waals surface area (Å²) in [7, 11) is 1.85. The Labute approximate surface area is 119 Å². The van der Waals surface area contributed by atoms with Gasteiger partial charge in [-0.1, -0.05) is 15.9 Å². The highest BCUT2D eigenvalue weighted by Crippen LogP contribution is 2.30. The number of rotatable bonds is 2.